The first-order valence-corrected chi connectivity index (χ1v) is 5.71. The van der Waals surface area contributed by atoms with Gasteiger partial charge in [0.15, 0.2) is 5.82 Å². The van der Waals surface area contributed by atoms with E-state index in [1.165, 1.54) is 0 Å². The third-order valence-electron chi connectivity index (χ3n) is 1.57. The Morgan fingerprint density at radius 3 is 2.92 bits per heavy atom. The second kappa shape index (κ2) is 5.99. The summed E-state index contributed by atoms with van der Waals surface area (Å²) in [5.74, 6) is 2.57. The fraction of sp³-hybridized carbons (Fsp3) is 0.750. The van der Waals surface area contributed by atoms with Crippen LogP contribution >= 0.6 is 11.8 Å². The summed E-state index contributed by atoms with van der Waals surface area (Å²) in [7, 11) is 0. The Labute approximate surface area is 82.5 Å². The van der Waals surface area contributed by atoms with Gasteiger partial charge in [-0.25, -0.2) is 0 Å². The van der Waals surface area contributed by atoms with Crippen LogP contribution in [0, 0.1) is 6.92 Å². The largest absolute Gasteiger partial charge is 0.339 e. The smallest absolute Gasteiger partial charge is 0.227 e. The summed E-state index contributed by atoms with van der Waals surface area (Å²) in [5.41, 5.74) is 0. The van der Waals surface area contributed by atoms with Crippen molar-refractivity contribution < 1.29 is 4.52 Å². The third kappa shape index (κ3) is 4.28. The zero-order chi connectivity index (χ0) is 9.52. The van der Waals surface area contributed by atoms with Gasteiger partial charge < -0.3 is 9.84 Å². The van der Waals surface area contributed by atoms with Gasteiger partial charge >= 0.3 is 0 Å². The predicted molar refractivity (Wildman–Crippen MR) is 54.0 cm³/mol. The zero-order valence-corrected chi connectivity index (χ0v) is 8.86. The summed E-state index contributed by atoms with van der Waals surface area (Å²) in [6.45, 7) is 3.77. The summed E-state index contributed by atoms with van der Waals surface area (Å²) < 4.78 is 4.96. The molecule has 0 saturated heterocycles. The van der Waals surface area contributed by atoms with E-state index in [0.29, 0.717) is 11.7 Å². The van der Waals surface area contributed by atoms with E-state index in [-0.39, 0.29) is 0 Å². The molecular formula is C8H15N3OS. The molecule has 0 radical (unpaired) electrons. The molecule has 0 atom stereocenters. The van der Waals surface area contributed by atoms with Gasteiger partial charge in [-0.2, -0.15) is 16.7 Å². The number of aryl methyl sites for hydroxylation is 1. The van der Waals surface area contributed by atoms with Crippen molar-refractivity contribution in [3.8, 4) is 0 Å². The van der Waals surface area contributed by atoms with Gasteiger partial charge in [0, 0.05) is 25.3 Å². The average Bonchev–Trinajstić information content (AvgIpc) is 2.51. The van der Waals surface area contributed by atoms with Crippen molar-refractivity contribution in [2.24, 2.45) is 0 Å². The minimum absolute atomic E-state index is 0.708. The second-order valence-corrected chi connectivity index (χ2v) is 3.71. The van der Waals surface area contributed by atoms with E-state index in [1.54, 1.807) is 0 Å². The number of nitrogens with one attached hydrogen (secondary N) is 1. The Bertz CT molecular complexity index is 239. The highest BCUT2D eigenvalue weighted by molar-refractivity contribution is 7.98. The molecule has 74 valence electrons. The summed E-state index contributed by atoms with van der Waals surface area (Å²) >= 11 is 1.84. The van der Waals surface area contributed by atoms with Crippen molar-refractivity contribution in [3.05, 3.63) is 11.7 Å². The Kier molecular flexibility index (Phi) is 4.85. The van der Waals surface area contributed by atoms with Crippen LogP contribution in [-0.4, -0.2) is 35.2 Å². The summed E-state index contributed by atoms with van der Waals surface area (Å²) in [6, 6.07) is 0. The van der Waals surface area contributed by atoms with Crippen molar-refractivity contribution in [3.63, 3.8) is 0 Å². The van der Waals surface area contributed by atoms with Gasteiger partial charge in [-0.3, -0.25) is 0 Å². The molecule has 0 saturated carbocycles. The number of nitrogens with zero attached hydrogens (tertiary/aromatic N) is 2. The van der Waals surface area contributed by atoms with Crippen LogP contribution in [0.25, 0.3) is 0 Å². The minimum Gasteiger partial charge on any atom is -0.339 e. The van der Waals surface area contributed by atoms with E-state index < -0.39 is 0 Å². The van der Waals surface area contributed by atoms with Crippen LogP contribution < -0.4 is 5.32 Å². The summed E-state index contributed by atoms with van der Waals surface area (Å²) in [6.07, 6.45) is 2.91. The molecule has 1 N–H and O–H groups in total. The zero-order valence-electron chi connectivity index (χ0n) is 8.04. The van der Waals surface area contributed by atoms with Crippen LogP contribution in [0.5, 0.6) is 0 Å². The van der Waals surface area contributed by atoms with Crippen LogP contribution in [0.2, 0.25) is 0 Å². The molecule has 1 heterocycles. The van der Waals surface area contributed by atoms with E-state index in [1.807, 2.05) is 18.7 Å². The maximum atomic E-state index is 4.96. The fourth-order valence-corrected chi connectivity index (χ4v) is 1.28. The molecule has 0 aromatic carbocycles. The van der Waals surface area contributed by atoms with Crippen LogP contribution in [0.4, 0.5) is 0 Å². The Hall–Kier alpha value is -0.550. The quantitative estimate of drug-likeness (QED) is 0.692. The molecule has 1 rings (SSSR count). The fourth-order valence-electron chi connectivity index (χ4n) is 0.936. The van der Waals surface area contributed by atoms with Crippen molar-refractivity contribution in [1.82, 2.24) is 15.5 Å². The Morgan fingerprint density at radius 1 is 1.46 bits per heavy atom. The highest BCUT2D eigenvalue weighted by Gasteiger charge is 2.00. The van der Waals surface area contributed by atoms with E-state index in [0.717, 1.165) is 25.3 Å². The molecule has 5 heteroatoms. The molecule has 13 heavy (non-hydrogen) atoms. The molecule has 0 spiro atoms. The molecule has 0 fully saturated rings. The maximum absolute atomic E-state index is 4.96. The highest BCUT2D eigenvalue weighted by Crippen LogP contribution is 1.95. The third-order valence-corrected chi connectivity index (χ3v) is 2.18. The van der Waals surface area contributed by atoms with E-state index in [4.69, 9.17) is 4.52 Å². The van der Waals surface area contributed by atoms with E-state index in [2.05, 4.69) is 21.7 Å². The first kappa shape index (κ1) is 10.5. The normalized spacial score (nSPS) is 10.6. The molecule has 4 nitrogen and oxygen atoms in total. The minimum atomic E-state index is 0.708. The predicted octanol–water partition coefficient (Wildman–Crippen LogP) is 0.873. The van der Waals surface area contributed by atoms with Gasteiger partial charge in [0.05, 0.1) is 0 Å². The van der Waals surface area contributed by atoms with Crippen molar-refractivity contribution in [2.75, 3.05) is 25.1 Å². The topological polar surface area (TPSA) is 51.0 Å². The van der Waals surface area contributed by atoms with Gasteiger partial charge in [0.2, 0.25) is 5.89 Å². The molecule has 0 aliphatic heterocycles. The van der Waals surface area contributed by atoms with Crippen LogP contribution in [0.15, 0.2) is 4.52 Å². The van der Waals surface area contributed by atoms with Crippen molar-refractivity contribution in [2.45, 2.75) is 13.3 Å². The van der Waals surface area contributed by atoms with Gasteiger partial charge in [0.1, 0.15) is 0 Å². The lowest BCUT2D eigenvalue weighted by Crippen LogP contribution is -2.20. The Morgan fingerprint density at radius 2 is 2.31 bits per heavy atom. The van der Waals surface area contributed by atoms with Crippen LogP contribution in [0.1, 0.15) is 11.7 Å². The van der Waals surface area contributed by atoms with E-state index >= 15 is 0 Å². The molecule has 1 aromatic heterocycles. The highest BCUT2D eigenvalue weighted by atomic mass is 32.2. The van der Waals surface area contributed by atoms with Crippen molar-refractivity contribution >= 4 is 11.8 Å². The molecule has 0 amide bonds. The molecule has 0 aliphatic rings. The number of rotatable bonds is 6. The SMILES string of the molecule is CSCCNCCc1nc(C)no1. The van der Waals surface area contributed by atoms with Gasteiger partial charge in [-0.1, -0.05) is 5.16 Å². The standard InChI is InChI=1S/C8H15N3OS/c1-7-10-8(12-11-7)3-4-9-5-6-13-2/h9H,3-6H2,1-2H3. The first-order valence-electron chi connectivity index (χ1n) is 4.32. The Balaban J connectivity index is 2.06. The maximum Gasteiger partial charge on any atom is 0.227 e. The monoisotopic (exact) mass is 201 g/mol. The lowest BCUT2D eigenvalue weighted by atomic mass is 10.4. The van der Waals surface area contributed by atoms with Crippen LogP contribution in [0.3, 0.4) is 0 Å². The second-order valence-electron chi connectivity index (χ2n) is 2.73. The lowest BCUT2D eigenvalue weighted by molar-refractivity contribution is 0.373. The number of hydrogen-bond acceptors (Lipinski definition) is 5. The molecule has 0 unspecified atom stereocenters. The van der Waals surface area contributed by atoms with Crippen LogP contribution in [-0.2, 0) is 6.42 Å². The van der Waals surface area contributed by atoms with Gasteiger partial charge in [-0.05, 0) is 13.2 Å². The van der Waals surface area contributed by atoms with Gasteiger partial charge in [0.25, 0.3) is 0 Å². The first-order chi connectivity index (χ1) is 6.33. The van der Waals surface area contributed by atoms with Crippen molar-refractivity contribution in [1.29, 1.82) is 0 Å². The van der Waals surface area contributed by atoms with Gasteiger partial charge in [-0.15, -0.1) is 0 Å². The molecule has 0 bridgehead atoms. The number of aromatic nitrogens is 2. The molecule has 0 aliphatic carbocycles. The molecular weight excluding hydrogens is 186 g/mol. The average molecular weight is 201 g/mol. The van der Waals surface area contributed by atoms with E-state index in [9.17, 15) is 0 Å². The lowest BCUT2D eigenvalue weighted by Gasteiger charge is -1.99. The summed E-state index contributed by atoms with van der Waals surface area (Å²) in [5, 5.41) is 7.01. The summed E-state index contributed by atoms with van der Waals surface area (Å²) in [4.78, 5) is 4.11. The number of thioether (sulfide) groups is 1. The molecule has 1 aromatic rings. The number of hydrogen-bond donors (Lipinski definition) is 1.